The van der Waals surface area contributed by atoms with E-state index < -0.39 is 28.2 Å². The van der Waals surface area contributed by atoms with Crippen LogP contribution in [0.4, 0.5) is 16.2 Å². The van der Waals surface area contributed by atoms with Crippen LogP contribution in [0.1, 0.15) is 24.2 Å². The maximum absolute atomic E-state index is 13.5. The molecule has 1 heterocycles. The van der Waals surface area contributed by atoms with Crippen LogP contribution < -0.4 is 15.4 Å². The van der Waals surface area contributed by atoms with E-state index in [-0.39, 0.29) is 48.5 Å². The summed E-state index contributed by atoms with van der Waals surface area (Å²) in [5, 5.41) is 15.2. The highest BCUT2D eigenvalue weighted by atomic mass is 32.2. The van der Waals surface area contributed by atoms with Gasteiger partial charge in [0.2, 0.25) is 10.0 Å². The molecule has 35 heavy (non-hydrogen) atoms. The van der Waals surface area contributed by atoms with Gasteiger partial charge >= 0.3 is 6.03 Å². The number of rotatable bonds is 7. The van der Waals surface area contributed by atoms with Gasteiger partial charge < -0.3 is 25.4 Å². The van der Waals surface area contributed by atoms with Crippen molar-refractivity contribution in [3.63, 3.8) is 0 Å². The van der Waals surface area contributed by atoms with Crippen LogP contribution in [0.5, 0.6) is 5.75 Å². The van der Waals surface area contributed by atoms with Crippen molar-refractivity contribution in [2.24, 2.45) is 5.92 Å². The van der Waals surface area contributed by atoms with E-state index in [9.17, 15) is 23.1 Å². The maximum Gasteiger partial charge on any atom is 0.323 e. The molecule has 0 aromatic heterocycles. The second-order valence-electron chi connectivity index (χ2n) is 8.79. The minimum absolute atomic E-state index is 0.0412. The average Bonchev–Trinajstić information content (AvgIpc) is 2.81. The van der Waals surface area contributed by atoms with Gasteiger partial charge in [-0.15, -0.1) is 0 Å². The molecule has 0 bridgehead atoms. The Hall–Kier alpha value is -3.15. The van der Waals surface area contributed by atoms with Crippen LogP contribution in [0.25, 0.3) is 0 Å². The van der Waals surface area contributed by atoms with Crippen LogP contribution in [0.15, 0.2) is 48.5 Å². The Labute approximate surface area is 205 Å². The number of anilines is 2. The number of nitrogens with zero attached hydrogens (tertiary/aromatic N) is 2. The topological polar surface area (TPSA) is 128 Å². The van der Waals surface area contributed by atoms with Crippen molar-refractivity contribution in [1.29, 1.82) is 0 Å². The van der Waals surface area contributed by atoms with Gasteiger partial charge in [0, 0.05) is 25.2 Å². The quantitative estimate of drug-likeness (QED) is 0.531. The Bertz CT molecular complexity index is 1160. The van der Waals surface area contributed by atoms with E-state index in [0.29, 0.717) is 5.69 Å². The molecule has 10 nitrogen and oxygen atoms in total. The molecule has 0 saturated heterocycles. The summed E-state index contributed by atoms with van der Waals surface area (Å²) in [6.45, 7) is 3.65. The predicted molar refractivity (Wildman–Crippen MR) is 134 cm³/mol. The van der Waals surface area contributed by atoms with Crippen molar-refractivity contribution in [2.45, 2.75) is 26.0 Å². The highest BCUT2D eigenvalue weighted by Gasteiger charge is 2.35. The van der Waals surface area contributed by atoms with Gasteiger partial charge in [0.05, 0.1) is 36.7 Å². The van der Waals surface area contributed by atoms with Crippen LogP contribution in [-0.2, 0) is 10.0 Å². The van der Waals surface area contributed by atoms with E-state index in [1.807, 2.05) is 13.0 Å². The Morgan fingerprint density at radius 2 is 1.89 bits per heavy atom. The zero-order valence-corrected chi connectivity index (χ0v) is 21.1. The lowest BCUT2D eigenvalue weighted by atomic mass is 9.99. The monoisotopic (exact) mass is 504 g/mol. The van der Waals surface area contributed by atoms with Crippen molar-refractivity contribution in [1.82, 2.24) is 9.21 Å². The summed E-state index contributed by atoms with van der Waals surface area (Å²) in [7, 11) is -2.02. The van der Waals surface area contributed by atoms with Crippen LogP contribution in [-0.4, -0.2) is 79.8 Å². The van der Waals surface area contributed by atoms with Gasteiger partial charge in [-0.3, -0.25) is 4.79 Å². The third-order valence-corrected chi connectivity index (χ3v) is 7.26. The number of carbonyl (C=O) groups excluding carboxylic acids is 2. The highest BCUT2D eigenvalue weighted by molar-refractivity contribution is 7.88. The lowest BCUT2D eigenvalue weighted by Gasteiger charge is -2.38. The minimum Gasteiger partial charge on any atom is -0.486 e. The first kappa shape index (κ1) is 26.5. The molecular formula is C24H32N4O6S. The third kappa shape index (κ3) is 6.50. The number of aliphatic hydroxyl groups excluding tert-OH is 1. The number of likely N-dealkylation sites (N-methyl/N-ethyl adjacent to an activating group) is 1. The van der Waals surface area contributed by atoms with Crippen LogP contribution in [0.3, 0.4) is 0 Å². The minimum atomic E-state index is -3.48. The smallest absolute Gasteiger partial charge is 0.323 e. The first-order valence-electron chi connectivity index (χ1n) is 11.3. The first-order chi connectivity index (χ1) is 16.5. The van der Waals surface area contributed by atoms with E-state index in [2.05, 4.69) is 10.6 Å². The summed E-state index contributed by atoms with van der Waals surface area (Å²) < 4.78 is 31.6. The molecule has 0 saturated carbocycles. The van der Waals surface area contributed by atoms with E-state index in [4.69, 9.17) is 4.74 Å². The fraction of sp³-hybridized carbons (Fsp3) is 0.417. The van der Waals surface area contributed by atoms with E-state index in [1.54, 1.807) is 54.3 Å². The Balaban J connectivity index is 2.00. The first-order valence-corrected chi connectivity index (χ1v) is 13.1. The normalized spacial score (nSPS) is 19.3. The maximum atomic E-state index is 13.5. The summed E-state index contributed by atoms with van der Waals surface area (Å²) in [5.41, 5.74) is 1.06. The summed E-state index contributed by atoms with van der Waals surface area (Å²) in [6.07, 6.45) is 0.481. The average molecular weight is 505 g/mol. The summed E-state index contributed by atoms with van der Waals surface area (Å²) in [5.74, 6) is -0.485. The SMILES string of the molecule is C[C@H](CO)N1C[C@H](C)[C@@H](CN(C)S(C)(=O)=O)Oc2c(NC(=O)Nc3ccccc3)cccc2C1=O. The lowest BCUT2D eigenvalue weighted by Crippen LogP contribution is -2.50. The largest absolute Gasteiger partial charge is 0.486 e. The number of aliphatic hydroxyl groups is 1. The fourth-order valence-corrected chi connectivity index (χ4v) is 4.17. The molecule has 2 aromatic carbocycles. The van der Waals surface area contributed by atoms with E-state index >= 15 is 0 Å². The third-order valence-electron chi connectivity index (χ3n) is 5.97. The molecule has 3 N–H and O–H groups in total. The number of para-hydroxylation sites is 2. The number of amides is 3. The molecule has 0 aliphatic carbocycles. The van der Waals surface area contributed by atoms with Gasteiger partial charge in [0.15, 0.2) is 5.75 Å². The molecule has 0 spiro atoms. The standard InChI is InChI=1S/C24H32N4O6S/c1-16-13-28(17(2)15-29)23(30)19-11-8-12-20(26-24(31)25-18-9-6-5-7-10-18)22(19)34-21(16)14-27(3)35(4,32)33/h5-12,16-17,21,29H,13-15H2,1-4H3,(H2,25,26,31)/t16-,17+,21+/m0/s1. The molecule has 0 radical (unpaired) electrons. The van der Waals surface area contributed by atoms with Crippen LogP contribution in [0, 0.1) is 5.92 Å². The molecule has 11 heteroatoms. The highest BCUT2D eigenvalue weighted by Crippen LogP contribution is 2.35. The number of urea groups is 1. The summed E-state index contributed by atoms with van der Waals surface area (Å²) in [4.78, 5) is 27.7. The predicted octanol–water partition coefficient (Wildman–Crippen LogP) is 2.44. The van der Waals surface area contributed by atoms with Crippen molar-refractivity contribution < 1.29 is 27.9 Å². The van der Waals surface area contributed by atoms with E-state index in [0.717, 1.165) is 6.26 Å². The van der Waals surface area contributed by atoms with Crippen molar-refractivity contribution in [3.05, 3.63) is 54.1 Å². The molecule has 1 aliphatic heterocycles. The zero-order valence-electron chi connectivity index (χ0n) is 20.3. The molecule has 3 rings (SSSR count). The molecular weight excluding hydrogens is 472 g/mol. The molecule has 190 valence electrons. The molecule has 2 aromatic rings. The summed E-state index contributed by atoms with van der Waals surface area (Å²) >= 11 is 0. The summed E-state index contributed by atoms with van der Waals surface area (Å²) in [6, 6.07) is 12.7. The zero-order chi connectivity index (χ0) is 25.8. The second kappa shape index (κ2) is 11.1. The van der Waals surface area contributed by atoms with Gasteiger partial charge in [-0.1, -0.05) is 31.2 Å². The van der Waals surface area contributed by atoms with Crippen LogP contribution in [0.2, 0.25) is 0 Å². The number of nitrogens with one attached hydrogen (secondary N) is 2. The number of fused-ring (bicyclic) bond motifs is 1. The molecule has 3 amide bonds. The molecule has 0 unspecified atom stereocenters. The Kier molecular flexibility index (Phi) is 8.36. The second-order valence-corrected chi connectivity index (χ2v) is 10.9. The molecule has 3 atom stereocenters. The number of carbonyl (C=O) groups is 2. The van der Waals surface area contributed by atoms with Crippen molar-refractivity contribution in [3.8, 4) is 5.75 Å². The number of hydrogen-bond acceptors (Lipinski definition) is 6. The van der Waals surface area contributed by atoms with Gasteiger partial charge in [-0.25, -0.2) is 17.5 Å². The lowest BCUT2D eigenvalue weighted by molar-refractivity contribution is 0.0389. The van der Waals surface area contributed by atoms with Crippen molar-refractivity contribution in [2.75, 3.05) is 43.6 Å². The number of ether oxygens (including phenoxy) is 1. The van der Waals surface area contributed by atoms with Gasteiger partial charge in [0.1, 0.15) is 6.10 Å². The van der Waals surface area contributed by atoms with Gasteiger partial charge in [-0.2, -0.15) is 0 Å². The fourth-order valence-electron chi connectivity index (χ4n) is 3.75. The van der Waals surface area contributed by atoms with E-state index in [1.165, 1.54) is 11.4 Å². The number of sulfonamides is 1. The Morgan fingerprint density at radius 3 is 2.51 bits per heavy atom. The number of hydrogen-bond donors (Lipinski definition) is 3. The molecule has 1 aliphatic rings. The van der Waals surface area contributed by atoms with Gasteiger partial charge in [0.25, 0.3) is 5.91 Å². The van der Waals surface area contributed by atoms with Crippen LogP contribution >= 0.6 is 0 Å². The molecule has 0 fully saturated rings. The van der Waals surface area contributed by atoms with Crippen molar-refractivity contribution >= 4 is 33.3 Å². The van der Waals surface area contributed by atoms with Gasteiger partial charge in [-0.05, 0) is 31.2 Å². The number of benzene rings is 2. The Morgan fingerprint density at radius 1 is 1.20 bits per heavy atom.